The largest absolute Gasteiger partial charge is 0.484 e. The minimum Gasteiger partial charge on any atom is -0.484 e. The number of sulfonamides is 1. The molecule has 1 aliphatic rings. The molecule has 1 aromatic heterocycles. The molecule has 0 fully saturated rings. The number of nitrogens with zero attached hydrogens (tertiary/aromatic N) is 2. The first-order valence-corrected chi connectivity index (χ1v) is 12.9. The number of hydrogen-bond donors (Lipinski definition) is 1. The molecule has 3 aromatic rings. The number of ether oxygens (including phenoxy) is 1. The first-order valence-electron chi connectivity index (χ1n) is 11.3. The Balaban J connectivity index is 1.39. The zero-order chi connectivity index (χ0) is 24.1. The summed E-state index contributed by atoms with van der Waals surface area (Å²) >= 11 is 0. The highest BCUT2D eigenvalue weighted by Gasteiger charge is 2.25. The fourth-order valence-corrected chi connectivity index (χ4v) is 5.16. The molecule has 4 rings (SSSR count). The van der Waals surface area contributed by atoms with E-state index in [9.17, 15) is 13.2 Å². The molecule has 34 heavy (non-hydrogen) atoms. The Morgan fingerprint density at radius 2 is 1.82 bits per heavy atom. The molecule has 1 amide bonds. The van der Waals surface area contributed by atoms with E-state index in [0.717, 1.165) is 33.5 Å². The predicted molar refractivity (Wildman–Crippen MR) is 131 cm³/mol. The van der Waals surface area contributed by atoms with Crippen molar-refractivity contribution in [3.05, 3.63) is 94.3 Å². The van der Waals surface area contributed by atoms with Crippen molar-refractivity contribution in [2.45, 2.75) is 39.1 Å². The van der Waals surface area contributed by atoms with Crippen molar-refractivity contribution in [2.24, 2.45) is 0 Å². The van der Waals surface area contributed by atoms with Gasteiger partial charge in [-0.25, -0.2) is 13.1 Å². The molecular formula is C26H29N3O4S. The number of amides is 1. The molecule has 0 radical (unpaired) electrons. The van der Waals surface area contributed by atoms with E-state index in [-0.39, 0.29) is 24.8 Å². The van der Waals surface area contributed by atoms with Crippen LogP contribution in [0.25, 0.3) is 0 Å². The minimum atomic E-state index is -3.50. The Morgan fingerprint density at radius 1 is 1.09 bits per heavy atom. The summed E-state index contributed by atoms with van der Waals surface area (Å²) in [6.07, 6.45) is 2.43. The van der Waals surface area contributed by atoms with Crippen LogP contribution in [0.1, 0.15) is 33.5 Å². The van der Waals surface area contributed by atoms with Crippen LogP contribution in [0.2, 0.25) is 0 Å². The highest BCUT2D eigenvalue weighted by atomic mass is 32.2. The second-order valence-electron chi connectivity index (χ2n) is 8.56. The van der Waals surface area contributed by atoms with Gasteiger partial charge in [-0.3, -0.25) is 9.78 Å². The molecule has 0 bridgehead atoms. The summed E-state index contributed by atoms with van der Waals surface area (Å²) in [5.74, 6) is 0.508. The second kappa shape index (κ2) is 10.4. The van der Waals surface area contributed by atoms with E-state index in [1.54, 1.807) is 23.2 Å². The summed E-state index contributed by atoms with van der Waals surface area (Å²) in [5, 5.41) is 0. The minimum absolute atomic E-state index is 0.0240. The highest BCUT2D eigenvalue weighted by molar-refractivity contribution is 7.88. The van der Waals surface area contributed by atoms with E-state index >= 15 is 0 Å². The maximum Gasteiger partial charge on any atom is 0.260 e. The monoisotopic (exact) mass is 479 g/mol. The van der Waals surface area contributed by atoms with Crippen LogP contribution in [0.5, 0.6) is 5.75 Å². The van der Waals surface area contributed by atoms with Gasteiger partial charge in [-0.05, 0) is 54.7 Å². The first kappa shape index (κ1) is 23.9. The van der Waals surface area contributed by atoms with E-state index in [1.165, 1.54) is 0 Å². The van der Waals surface area contributed by atoms with Crippen LogP contribution >= 0.6 is 0 Å². The summed E-state index contributed by atoms with van der Waals surface area (Å²) in [6, 6.07) is 16.7. The van der Waals surface area contributed by atoms with Gasteiger partial charge in [-0.1, -0.05) is 48.0 Å². The smallest absolute Gasteiger partial charge is 0.260 e. The van der Waals surface area contributed by atoms with Crippen molar-refractivity contribution in [3.63, 3.8) is 0 Å². The maximum absolute atomic E-state index is 12.7. The number of fused-ring (bicyclic) bond motifs is 1. The van der Waals surface area contributed by atoms with Crippen LogP contribution in [0, 0.1) is 13.8 Å². The molecule has 1 N–H and O–H groups in total. The van der Waals surface area contributed by atoms with Gasteiger partial charge in [-0.2, -0.15) is 0 Å². The Morgan fingerprint density at radius 3 is 2.56 bits per heavy atom. The summed E-state index contributed by atoms with van der Waals surface area (Å²) in [4.78, 5) is 18.9. The van der Waals surface area contributed by atoms with Crippen molar-refractivity contribution >= 4 is 15.9 Å². The Kier molecular flexibility index (Phi) is 7.29. The topological polar surface area (TPSA) is 88.6 Å². The molecule has 0 spiro atoms. The number of rotatable bonds is 8. The second-order valence-corrected chi connectivity index (χ2v) is 10.4. The quantitative estimate of drug-likeness (QED) is 0.536. The number of carbonyl (C=O) groups excluding carboxylic acids is 1. The lowest BCUT2D eigenvalue weighted by Gasteiger charge is -2.30. The Hall–Kier alpha value is -3.23. The van der Waals surface area contributed by atoms with E-state index < -0.39 is 10.0 Å². The lowest BCUT2D eigenvalue weighted by atomic mass is 9.95. The van der Waals surface area contributed by atoms with Crippen molar-refractivity contribution in [1.29, 1.82) is 0 Å². The number of carbonyl (C=O) groups is 1. The van der Waals surface area contributed by atoms with Gasteiger partial charge in [0.1, 0.15) is 5.75 Å². The number of nitrogens with one attached hydrogen (secondary N) is 1. The third-order valence-electron chi connectivity index (χ3n) is 6.00. The molecule has 0 saturated heterocycles. The Bertz CT molecular complexity index is 1260. The molecule has 2 heterocycles. The highest BCUT2D eigenvalue weighted by Crippen LogP contribution is 2.24. The van der Waals surface area contributed by atoms with Crippen molar-refractivity contribution in [2.75, 3.05) is 13.2 Å². The van der Waals surface area contributed by atoms with E-state index in [4.69, 9.17) is 4.74 Å². The zero-order valence-electron chi connectivity index (χ0n) is 19.5. The van der Waals surface area contributed by atoms with Crippen LogP contribution in [0.15, 0.2) is 60.8 Å². The Labute approximate surface area is 200 Å². The molecule has 2 aromatic carbocycles. The molecule has 0 unspecified atom stereocenters. The number of aromatic nitrogens is 1. The van der Waals surface area contributed by atoms with Crippen molar-refractivity contribution < 1.29 is 17.9 Å². The fraction of sp³-hybridized carbons (Fsp3) is 0.308. The van der Waals surface area contributed by atoms with E-state index in [0.29, 0.717) is 25.3 Å². The summed E-state index contributed by atoms with van der Waals surface area (Å²) in [6.45, 7) is 5.02. The molecule has 0 aliphatic carbocycles. The van der Waals surface area contributed by atoms with E-state index in [1.807, 2.05) is 56.3 Å². The number of aryl methyl sites for hydroxylation is 2. The van der Waals surface area contributed by atoms with Gasteiger partial charge >= 0.3 is 0 Å². The number of benzene rings is 2. The van der Waals surface area contributed by atoms with Gasteiger partial charge in [0.2, 0.25) is 10.0 Å². The van der Waals surface area contributed by atoms with E-state index in [2.05, 4.69) is 9.71 Å². The van der Waals surface area contributed by atoms with Crippen LogP contribution in [-0.4, -0.2) is 37.4 Å². The first-order chi connectivity index (χ1) is 16.3. The summed E-state index contributed by atoms with van der Waals surface area (Å²) < 4.78 is 33.6. The average molecular weight is 480 g/mol. The van der Waals surface area contributed by atoms with Crippen LogP contribution in [-0.2, 0) is 40.1 Å². The lowest BCUT2D eigenvalue weighted by molar-refractivity contribution is -0.134. The zero-order valence-corrected chi connectivity index (χ0v) is 20.3. The third kappa shape index (κ3) is 6.01. The van der Waals surface area contributed by atoms with Gasteiger partial charge in [0.15, 0.2) is 6.61 Å². The van der Waals surface area contributed by atoms with Crippen molar-refractivity contribution in [1.82, 2.24) is 14.6 Å². The summed E-state index contributed by atoms with van der Waals surface area (Å²) in [5.41, 5.74) is 5.56. The maximum atomic E-state index is 12.7. The average Bonchev–Trinajstić information content (AvgIpc) is 2.83. The van der Waals surface area contributed by atoms with Gasteiger partial charge in [0.05, 0.1) is 5.75 Å². The van der Waals surface area contributed by atoms with Gasteiger partial charge in [0, 0.05) is 31.5 Å². The molecule has 0 saturated carbocycles. The lowest BCUT2D eigenvalue weighted by Crippen LogP contribution is -2.39. The van der Waals surface area contributed by atoms with Crippen LogP contribution < -0.4 is 9.46 Å². The molecule has 0 atom stereocenters. The molecule has 178 valence electrons. The van der Waals surface area contributed by atoms with Gasteiger partial charge < -0.3 is 9.64 Å². The molecular weight excluding hydrogens is 450 g/mol. The number of hydrogen-bond acceptors (Lipinski definition) is 5. The fourth-order valence-electron chi connectivity index (χ4n) is 4.07. The van der Waals surface area contributed by atoms with Crippen molar-refractivity contribution in [3.8, 4) is 5.75 Å². The SMILES string of the molecule is Cc1ccc(OCC(=O)N2CCc3c(cnc(C)c3CNS(=O)(=O)Cc3ccccc3)C2)cc1. The molecule has 8 heteroatoms. The standard InChI is InChI=1S/C26H29N3O4S/c1-19-8-10-23(11-9-19)33-17-26(30)29-13-12-24-22(16-29)14-27-20(2)25(24)15-28-34(31,32)18-21-6-4-3-5-7-21/h3-11,14,28H,12-13,15-18H2,1-2H3. The summed E-state index contributed by atoms with van der Waals surface area (Å²) in [7, 11) is -3.50. The molecule has 7 nitrogen and oxygen atoms in total. The van der Waals surface area contributed by atoms with Gasteiger partial charge in [0.25, 0.3) is 5.91 Å². The third-order valence-corrected chi connectivity index (χ3v) is 7.30. The normalized spacial score (nSPS) is 13.4. The van der Waals surface area contributed by atoms with Crippen LogP contribution in [0.4, 0.5) is 0 Å². The van der Waals surface area contributed by atoms with Gasteiger partial charge in [-0.15, -0.1) is 0 Å². The van der Waals surface area contributed by atoms with Crippen LogP contribution in [0.3, 0.4) is 0 Å². The molecule has 1 aliphatic heterocycles. The predicted octanol–water partition coefficient (Wildman–Crippen LogP) is 3.28. The number of pyridine rings is 1.